The Labute approximate surface area is 89.6 Å². The summed E-state index contributed by atoms with van der Waals surface area (Å²) in [6, 6.07) is 0. The van der Waals surface area contributed by atoms with E-state index in [1.807, 2.05) is 0 Å². The highest BCUT2D eigenvalue weighted by molar-refractivity contribution is 7.99. The summed E-state index contributed by atoms with van der Waals surface area (Å²) in [6.45, 7) is 0. The Kier molecular flexibility index (Phi) is 2.52. The topological polar surface area (TPSA) is 48.4 Å². The molecule has 0 saturated heterocycles. The largest absolute Gasteiger partial charge is 0.465 e. The lowest BCUT2D eigenvalue weighted by molar-refractivity contribution is 0.0596. The van der Waals surface area contributed by atoms with Crippen LogP contribution in [0.15, 0.2) is 11.1 Å². The van der Waals surface area contributed by atoms with Crippen molar-refractivity contribution in [2.75, 3.05) is 13.0 Å². The summed E-state index contributed by atoms with van der Waals surface area (Å²) in [6.07, 6.45) is 1.39. The molecule has 0 unspecified atom stereocenters. The van der Waals surface area contributed by atoms with Gasteiger partial charge in [0.2, 0.25) is 5.88 Å². The van der Waals surface area contributed by atoms with Crippen molar-refractivity contribution in [3.8, 4) is 5.88 Å². The molecule has 14 heavy (non-hydrogen) atoms. The molecule has 2 heterocycles. The summed E-state index contributed by atoms with van der Waals surface area (Å²) < 4.78 is 9.80. The highest BCUT2D eigenvalue weighted by Gasteiger charge is 2.25. The lowest BCUT2D eigenvalue weighted by Crippen LogP contribution is -2.04. The van der Waals surface area contributed by atoms with E-state index in [4.69, 9.17) is 16.3 Å². The Bertz CT molecular complexity index is 396. The number of hydrogen-bond donors (Lipinski definition) is 0. The third kappa shape index (κ3) is 1.42. The minimum Gasteiger partial charge on any atom is -0.465 e. The highest BCUT2D eigenvalue weighted by atomic mass is 35.5. The first-order valence-electron chi connectivity index (χ1n) is 3.76. The van der Waals surface area contributed by atoms with Gasteiger partial charge < -0.3 is 9.47 Å². The Balaban J connectivity index is 2.57. The zero-order valence-corrected chi connectivity index (χ0v) is 8.82. The zero-order chi connectivity index (χ0) is 10.1. The predicted octanol–water partition coefficient (Wildman–Crippen LogP) is 1.96. The van der Waals surface area contributed by atoms with Crippen molar-refractivity contribution in [2.24, 2.45) is 0 Å². The van der Waals surface area contributed by atoms with Gasteiger partial charge in [-0.05, 0) is 0 Å². The average molecular weight is 232 g/mol. The van der Waals surface area contributed by atoms with Gasteiger partial charge in [0.05, 0.1) is 28.8 Å². The Hall–Kier alpha value is -0.940. The van der Waals surface area contributed by atoms with Gasteiger partial charge in [-0.3, -0.25) is 0 Å². The molecular formula is C8H6ClNO3S. The van der Waals surface area contributed by atoms with Crippen LogP contribution in [0.3, 0.4) is 0 Å². The zero-order valence-electron chi connectivity index (χ0n) is 7.24. The van der Waals surface area contributed by atoms with Crippen LogP contribution in [-0.2, 0) is 4.74 Å². The highest BCUT2D eigenvalue weighted by Crippen LogP contribution is 2.39. The van der Waals surface area contributed by atoms with E-state index >= 15 is 0 Å². The van der Waals surface area contributed by atoms with Crippen LogP contribution in [0.5, 0.6) is 5.88 Å². The van der Waals surface area contributed by atoms with Gasteiger partial charge >= 0.3 is 5.97 Å². The van der Waals surface area contributed by atoms with Gasteiger partial charge in [0.15, 0.2) is 0 Å². The van der Waals surface area contributed by atoms with Crippen molar-refractivity contribution in [1.29, 1.82) is 0 Å². The number of fused-ring (bicyclic) bond motifs is 1. The summed E-state index contributed by atoms with van der Waals surface area (Å²) in [5.74, 6) is 0.429. The van der Waals surface area contributed by atoms with E-state index in [0.717, 1.165) is 0 Å². The van der Waals surface area contributed by atoms with E-state index in [-0.39, 0.29) is 5.02 Å². The van der Waals surface area contributed by atoms with E-state index in [1.165, 1.54) is 25.1 Å². The van der Waals surface area contributed by atoms with Crippen LogP contribution < -0.4 is 4.74 Å². The molecule has 0 aromatic carbocycles. The molecule has 0 saturated carbocycles. The van der Waals surface area contributed by atoms with Crippen molar-refractivity contribution in [2.45, 2.75) is 4.90 Å². The summed E-state index contributed by atoms with van der Waals surface area (Å²) in [4.78, 5) is 16.0. The number of carbonyl (C=O) groups excluding carboxylic acids is 1. The number of hydrogen-bond acceptors (Lipinski definition) is 5. The van der Waals surface area contributed by atoms with Crippen LogP contribution in [0.2, 0.25) is 5.02 Å². The van der Waals surface area contributed by atoms with Gasteiger partial charge in [-0.15, -0.1) is 0 Å². The van der Waals surface area contributed by atoms with Crippen LogP contribution in [0.4, 0.5) is 0 Å². The quantitative estimate of drug-likeness (QED) is 0.692. The second-order valence-electron chi connectivity index (χ2n) is 2.51. The van der Waals surface area contributed by atoms with Crippen molar-refractivity contribution in [1.82, 2.24) is 4.98 Å². The SMILES string of the molecule is COC(=O)c1c(Cl)cnc2c1SCO2. The molecule has 0 aliphatic carbocycles. The standard InChI is InChI=1S/C8H6ClNO3S/c1-12-8(11)5-4(9)2-10-7-6(5)14-3-13-7/h2H,3H2,1H3. The third-order valence-electron chi connectivity index (χ3n) is 1.74. The van der Waals surface area contributed by atoms with Crippen LogP contribution in [-0.4, -0.2) is 24.0 Å². The fraction of sp³-hybridized carbons (Fsp3) is 0.250. The van der Waals surface area contributed by atoms with Gasteiger partial charge in [0, 0.05) is 0 Å². The smallest absolute Gasteiger partial charge is 0.340 e. The lowest BCUT2D eigenvalue weighted by atomic mass is 10.2. The van der Waals surface area contributed by atoms with Gasteiger partial charge in [-0.25, -0.2) is 9.78 Å². The molecule has 2 rings (SSSR count). The maximum Gasteiger partial charge on any atom is 0.340 e. The maximum absolute atomic E-state index is 11.4. The van der Waals surface area contributed by atoms with Gasteiger partial charge in [-0.2, -0.15) is 0 Å². The first-order chi connectivity index (χ1) is 6.74. The first kappa shape index (κ1) is 9.61. The Morgan fingerprint density at radius 1 is 1.79 bits per heavy atom. The number of aromatic nitrogens is 1. The average Bonchev–Trinajstić information content (AvgIpc) is 2.64. The molecule has 6 heteroatoms. The molecule has 0 radical (unpaired) electrons. The van der Waals surface area contributed by atoms with E-state index in [9.17, 15) is 4.79 Å². The summed E-state index contributed by atoms with van der Waals surface area (Å²) >= 11 is 7.23. The van der Waals surface area contributed by atoms with E-state index in [0.29, 0.717) is 22.3 Å². The van der Waals surface area contributed by atoms with Gasteiger partial charge in [0.1, 0.15) is 5.94 Å². The number of pyridine rings is 1. The van der Waals surface area contributed by atoms with Gasteiger partial charge in [-0.1, -0.05) is 23.4 Å². The molecule has 0 N–H and O–H groups in total. The summed E-state index contributed by atoms with van der Waals surface area (Å²) in [5, 5.41) is 0.286. The van der Waals surface area contributed by atoms with E-state index in [2.05, 4.69) is 9.72 Å². The molecular weight excluding hydrogens is 226 g/mol. The molecule has 0 fully saturated rings. The molecule has 74 valence electrons. The van der Waals surface area contributed by atoms with Crippen LogP contribution in [0, 0.1) is 0 Å². The number of halogens is 1. The second kappa shape index (κ2) is 3.67. The monoisotopic (exact) mass is 231 g/mol. The molecule has 0 atom stereocenters. The first-order valence-corrected chi connectivity index (χ1v) is 5.13. The molecule has 0 bridgehead atoms. The van der Waals surface area contributed by atoms with E-state index in [1.54, 1.807) is 0 Å². The Morgan fingerprint density at radius 2 is 2.57 bits per heavy atom. The lowest BCUT2D eigenvalue weighted by Gasteiger charge is -2.04. The number of methoxy groups -OCH3 is 1. The molecule has 1 aliphatic rings. The number of ether oxygens (including phenoxy) is 2. The fourth-order valence-corrected chi connectivity index (χ4v) is 2.26. The van der Waals surface area contributed by atoms with Gasteiger partial charge in [0.25, 0.3) is 0 Å². The number of thioether (sulfide) groups is 1. The number of nitrogens with zero attached hydrogens (tertiary/aromatic N) is 1. The third-order valence-corrected chi connectivity index (χ3v) is 2.93. The molecule has 1 aliphatic heterocycles. The molecule has 4 nitrogen and oxygen atoms in total. The van der Waals surface area contributed by atoms with Crippen molar-refractivity contribution >= 4 is 29.3 Å². The molecule has 1 aromatic rings. The number of carbonyl (C=O) groups is 1. The molecule has 0 spiro atoms. The minimum atomic E-state index is -0.466. The second-order valence-corrected chi connectivity index (χ2v) is 3.85. The van der Waals surface area contributed by atoms with Crippen molar-refractivity contribution in [3.05, 3.63) is 16.8 Å². The maximum atomic E-state index is 11.4. The van der Waals surface area contributed by atoms with Crippen LogP contribution in [0.25, 0.3) is 0 Å². The number of esters is 1. The summed E-state index contributed by atoms with van der Waals surface area (Å²) in [7, 11) is 1.31. The Morgan fingerprint density at radius 3 is 3.29 bits per heavy atom. The van der Waals surface area contributed by atoms with Crippen molar-refractivity contribution < 1.29 is 14.3 Å². The number of rotatable bonds is 1. The predicted molar refractivity (Wildman–Crippen MR) is 51.9 cm³/mol. The molecule has 0 amide bonds. The van der Waals surface area contributed by atoms with Crippen LogP contribution >= 0.6 is 23.4 Å². The van der Waals surface area contributed by atoms with Crippen molar-refractivity contribution in [3.63, 3.8) is 0 Å². The summed E-state index contributed by atoms with van der Waals surface area (Å²) in [5.41, 5.74) is 0.335. The minimum absolute atomic E-state index is 0.286. The normalized spacial score (nSPS) is 13.3. The molecule has 1 aromatic heterocycles. The fourth-order valence-electron chi connectivity index (χ4n) is 1.13. The van der Waals surface area contributed by atoms with E-state index < -0.39 is 5.97 Å². The van der Waals surface area contributed by atoms with Crippen LogP contribution in [0.1, 0.15) is 10.4 Å².